The van der Waals surface area contributed by atoms with E-state index < -0.39 is 6.03 Å². The van der Waals surface area contributed by atoms with Crippen molar-refractivity contribution in [3.8, 4) is 0 Å². The van der Waals surface area contributed by atoms with Crippen LogP contribution < -0.4 is 16.4 Å². The summed E-state index contributed by atoms with van der Waals surface area (Å²) in [5.74, 6) is -0.299. The highest BCUT2D eigenvalue weighted by atomic mass is 79.9. The highest BCUT2D eigenvalue weighted by molar-refractivity contribution is 9.10. The minimum absolute atomic E-state index is 0.287. The Bertz CT molecular complexity index is 397. The molecule has 1 aromatic heterocycles. The van der Waals surface area contributed by atoms with E-state index in [-0.39, 0.29) is 12.5 Å². The van der Waals surface area contributed by atoms with E-state index in [1.165, 1.54) is 0 Å². The zero-order valence-electron chi connectivity index (χ0n) is 8.37. The van der Waals surface area contributed by atoms with Gasteiger partial charge < -0.3 is 16.4 Å². The van der Waals surface area contributed by atoms with Crippen LogP contribution in [0.2, 0.25) is 0 Å². The molecule has 0 saturated carbocycles. The molecule has 1 heterocycles. The van der Waals surface area contributed by atoms with Crippen LogP contribution in [0.1, 0.15) is 10.5 Å². The minimum Gasteiger partial charge on any atom is -0.352 e. The second-order valence-electron chi connectivity index (χ2n) is 2.89. The number of hydrogen-bond donors (Lipinski definition) is 3. The first kappa shape index (κ1) is 12.4. The highest BCUT2D eigenvalue weighted by Gasteiger charge is 2.06. The normalized spacial score (nSPS) is 9.56. The Balaban J connectivity index is 2.38. The standard InChI is InChI=1S/C9H11BrN4O2/c10-7-3-1-2-6(14-7)8(15)12-4-5-13-9(11)16/h1-3H,4-5H2,(H,12,15)(H3,11,13,16). The van der Waals surface area contributed by atoms with Gasteiger partial charge >= 0.3 is 6.03 Å². The maximum absolute atomic E-state index is 11.5. The van der Waals surface area contributed by atoms with Crippen molar-refractivity contribution < 1.29 is 9.59 Å². The average molecular weight is 287 g/mol. The number of halogens is 1. The van der Waals surface area contributed by atoms with Gasteiger partial charge in [0.2, 0.25) is 0 Å². The molecule has 0 aromatic carbocycles. The molecule has 16 heavy (non-hydrogen) atoms. The predicted molar refractivity (Wildman–Crippen MR) is 61.9 cm³/mol. The molecule has 0 radical (unpaired) electrons. The van der Waals surface area contributed by atoms with Crippen LogP contribution in [0.15, 0.2) is 22.8 Å². The number of aromatic nitrogens is 1. The Morgan fingerprint density at radius 1 is 1.31 bits per heavy atom. The number of nitrogens with zero attached hydrogens (tertiary/aromatic N) is 1. The van der Waals surface area contributed by atoms with Crippen LogP contribution in [0, 0.1) is 0 Å². The third-order valence-corrected chi connectivity index (χ3v) is 2.10. The van der Waals surface area contributed by atoms with Crippen LogP contribution in [0.25, 0.3) is 0 Å². The van der Waals surface area contributed by atoms with E-state index in [1.54, 1.807) is 18.2 Å². The number of nitrogens with two attached hydrogens (primary N) is 1. The Hall–Kier alpha value is -1.63. The molecule has 3 amide bonds. The maximum Gasteiger partial charge on any atom is 0.312 e. The molecule has 0 saturated heterocycles. The fourth-order valence-electron chi connectivity index (χ4n) is 0.987. The number of amides is 3. The SMILES string of the molecule is NC(=O)NCCNC(=O)c1cccc(Br)n1. The Morgan fingerprint density at radius 3 is 2.62 bits per heavy atom. The summed E-state index contributed by atoms with van der Waals surface area (Å²) in [7, 11) is 0. The van der Waals surface area contributed by atoms with Crippen molar-refractivity contribution in [2.75, 3.05) is 13.1 Å². The average Bonchev–Trinajstić information content (AvgIpc) is 2.24. The summed E-state index contributed by atoms with van der Waals surface area (Å²) in [6.07, 6.45) is 0. The number of carbonyl (C=O) groups is 2. The van der Waals surface area contributed by atoms with E-state index in [2.05, 4.69) is 31.5 Å². The fourth-order valence-corrected chi connectivity index (χ4v) is 1.33. The first-order valence-electron chi connectivity index (χ1n) is 4.53. The molecule has 0 unspecified atom stereocenters. The van der Waals surface area contributed by atoms with E-state index in [1.807, 2.05) is 0 Å². The number of nitrogens with one attached hydrogen (secondary N) is 2. The molecule has 4 N–H and O–H groups in total. The zero-order valence-corrected chi connectivity index (χ0v) is 9.95. The third-order valence-electron chi connectivity index (χ3n) is 1.66. The lowest BCUT2D eigenvalue weighted by atomic mass is 10.3. The third kappa shape index (κ3) is 4.26. The maximum atomic E-state index is 11.5. The molecule has 0 aliphatic rings. The number of pyridine rings is 1. The molecule has 0 spiro atoms. The molecular weight excluding hydrogens is 276 g/mol. The second-order valence-corrected chi connectivity index (χ2v) is 3.70. The molecule has 0 aliphatic carbocycles. The summed E-state index contributed by atoms with van der Waals surface area (Å²) < 4.78 is 0.593. The Morgan fingerprint density at radius 2 is 2.00 bits per heavy atom. The van der Waals surface area contributed by atoms with Crippen LogP contribution >= 0.6 is 15.9 Å². The summed E-state index contributed by atoms with van der Waals surface area (Å²) in [6.45, 7) is 0.588. The molecule has 1 rings (SSSR count). The van der Waals surface area contributed by atoms with Gasteiger partial charge in [-0.3, -0.25) is 4.79 Å². The van der Waals surface area contributed by atoms with Gasteiger partial charge in [-0.25, -0.2) is 9.78 Å². The number of rotatable bonds is 4. The molecule has 0 atom stereocenters. The van der Waals surface area contributed by atoms with Gasteiger partial charge in [-0.1, -0.05) is 6.07 Å². The van der Waals surface area contributed by atoms with E-state index in [0.29, 0.717) is 16.8 Å². The van der Waals surface area contributed by atoms with E-state index in [4.69, 9.17) is 5.73 Å². The van der Waals surface area contributed by atoms with Gasteiger partial charge in [-0.05, 0) is 28.1 Å². The van der Waals surface area contributed by atoms with E-state index in [9.17, 15) is 9.59 Å². The highest BCUT2D eigenvalue weighted by Crippen LogP contribution is 2.05. The summed E-state index contributed by atoms with van der Waals surface area (Å²) in [5.41, 5.74) is 5.17. The second kappa shape index (κ2) is 6.06. The lowest BCUT2D eigenvalue weighted by Gasteiger charge is -2.04. The van der Waals surface area contributed by atoms with Gasteiger partial charge in [0.25, 0.3) is 5.91 Å². The van der Waals surface area contributed by atoms with Gasteiger partial charge in [0.1, 0.15) is 10.3 Å². The topological polar surface area (TPSA) is 97.1 Å². The summed E-state index contributed by atoms with van der Waals surface area (Å²) >= 11 is 3.17. The Kier molecular flexibility index (Phi) is 4.71. The molecular formula is C9H11BrN4O2. The van der Waals surface area contributed by atoms with Gasteiger partial charge in [0.05, 0.1) is 0 Å². The fraction of sp³-hybridized carbons (Fsp3) is 0.222. The number of carbonyl (C=O) groups excluding carboxylic acids is 2. The number of hydrogen-bond acceptors (Lipinski definition) is 3. The smallest absolute Gasteiger partial charge is 0.312 e. The van der Waals surface area contributed by atoms with Crippen LogP contribution in [-0.4, -0.2) is 30.0 Å². The first-order valence-corrected chi connectivity index (χ1v) is 5.33. The van der Waals surface area contributed by atoms with Gasteiger partial charge in [0.15, 0.2) is 0 Å². The van der Waals surface area contributed by atoms with Crippen molar-refractivity contribution >= 4 is 27.9 Å². The van der Waals surface area contributed by atoms with Crippen LogP contribution in [0.3, 0.4) is 0 Å². The number of urea groups is 1. The molecule has 0 fully saturated rings. The van der Waals surface area contributed by atoms with Crippen LogP contribution in [0.4, 0.5) is 4.79 Å². The zero-order chi connectivity index (χ0) is 12.0. The molecule has 1 aromatic rings. The van der Waals surface area contributed by atoms with Crippen molar-refractivity contribution in [2.45, 2.75) is 0 Å². The monoisotopic (exact) mass is 286 g/mol. The van der Waals surface area contributed by atoms with E-state index >= 15 is 0 Å². The molecule has 0 bridgehead atoms. The Labute approximate surface area is 101 Å². The lowest BCUT2D eigenvalue weighted by Crippen LogP contribution is -2.37. The van der Waals surface area contributed by atoms with Crippen molar-refractivity contribution in [2.24, 2.45) is 5.73 Å². The quantitative estimate of drug-likeness (QED) is 0.546. The largest absolute Gasteiger partial charge is 0.352 e. The van der Waals surface area contributed by atoms with Crippen LogP contribution in [-0.2, 0) is 0 Å². The summed E-state index contributed by atoms with van der Waals surface area (Å²) in [5, 5.41) is 4.95. The molecule has 6 nitrogen and oxygen atoms in total. The summed E-state index contributed by atoms with van der Waals surface area (Å²) in [4.78, 5) is 25.8. The van der Waals surface area contributed by atoms with E-state index in [0.717, 1.165) is 0 Å². The molecule has 86 valence electrons. The lowest BCUT2D eigenvalue weighted by molar-refractivity contribution is 0.0948. The van der Waals surface area contributed by atoms with Crippen molar-refractivity contribution in [3.63, 3.8) is 0 Å². The first-order chi connectivity index (χ1) is 7.59. The minimum atomic E-state index is -0.616. The van der Waals surface area contributed by atoms with Gasteiger partial charge in [-0.2, -0.15) is 0 Å². The van der Waals surface area contributed by atoms with Gasteiger partial charge in [0, 0.05) is 13.1 Å². The molecule has 7 heteroatoms. The summed E-state index contributed by atoms with van der Waals surface area (Å²) in [6, 6.07) is 4.43. The number of primary amides is 1. The molecule has 0 aliphatic heterocycles. The van der Waals surface area contributed by atoms with Crippen molar-refractivity contribution in [1.82, 2.24) is 15.6 Å². The van der Waals surface area contributed by atoms with Crippen molar-refractivity contribution in [1.29, 1.82) is 0 Å². The van der Waals surface area contributed by atoms with Gasteiger partial charge in [-0.15, -0.1) is 0 Å². The predicted octanol–water partition coefficient (Wildman–Crippen LogP) is 0.242. The van der Waals surface area contributed by atoms with Crippen LogP contribution in [0.5, 0.6) is 0 Å². The van der Waals surface area contributed by atoms with Crippen molar-refractivity contribution in [3.05, 3.63) is 28.5 Å².